The predicted octanol–water partition coefficient (Wildman–Crippen LogP) is 2.29. The molecule has 6 nitrogen and oxygen atoms in total. The van der Waals surface area contributed by atoms with E-state index in [-0.39, 0.29) is 17.9 Å². The van der Waals surface area contributed by atoms with Crippen LogP contribution in [0.5, 0.6) is 11.5 Å². The van der Waals surface area contributed by atoms with Gasteiger partial charge in [-0.15, -0.1) is 0 Å². The maximum Gasteiger partial charge on any atom is 0.347 e. The molecule has 2 rings (SSSR count). The molecule has 2 aromatic rings. The van der Waals surface area contributed by atoms with E-state index in [1.807, 2.05) is 6.92 Å². The molecule has 122 valence electrons. The van der Waals surface area contributed by atoms with Crippen molar-refractivity contribution in [1.29, 1.82) is 0 Å². The quantitative estimate of drug-likeness (QED) is 0.856. The van der Waals surface area contributed by atoms with Crippen LogP contribution in [-0.2, 0) is 11.2 Å². The monoisotopic (exact) mass is 317 g/mol. The molecule has 0 radical (unpaired) electrons. The van der Waals surface area contributed by atoms with E-state index in [4.69, 9.17) is 9.47 Å². The number of nitrogens with zero attached hydrogens (tertiary/aromatic N) is 1. The average Bonchev–Trinajstić information content (AvgIpc) is 2.54. The molecule has 1 N–H and O–H groups in total. The number of aromatic hydroxyl groups is 1. The van der Waals surface area contributed by atoms with Gasteiger partial charge in [-0.25, -0.2) is 4.79 Å². The molecule has 0 aliphatic heterocycles. The van der Waals surface area contributed by atoms with Gasteiger partial charge in [0.05, 0.1) is 13.7 Å². The molecule has 1 aromatic heterocycles. The number of carbonyl (C=O) groups is 1. The summed E-state index contributed by atoms with van der Waals surface area (Å²) in [6.07, 6.45) is 0.512. The number of methoxy groups -OCH3 is 1. The maximum absolute atomic E-state index is 12.7. The Morgan fingerprint density at radius 3 is 2.39 bits per heavy atom. The number of esters is 1. The van der Waals surface area contributed by atoms with Crippen molar-refractivity contribution in [3.05, 3.63) is 51.9 Å². The van der Waals surface area contributed by atoms with Crippen molar-refractivity contribution in [3.63, 3.8) is 0 Å². The number of carbonyl (C=O) groups excluding carboxylic acids is 1. The molecule has 6 heteroatoms. The zero-order valence-corrected chi connectivity index (χ0v) is 13.3. The van der Waals surface area contributed by atoms with Crippen LogP contribution in [0.2, 0.25) is 0 Å². The summed E-state index contributed by atoms with van der Waals surface area (Å²) in [4.78, 5) is 24.7. The van der Waals surface area contributed by atoms with Gasteiger partial charge in [-0.1, -0.05) is 6.92 Å². The molecule has 0 saturated heterocycles. The van der Waals surface area contributed by atoms with E-state index in [0.717, 1.165) is 0 Å². The highest BCUT2D eigenvalue weighted by Gasteiger charge is 2.22. The first-order valence-corrected chi connectivity index (χ1v) is 7.32. The smallest absolute Gasteiger partial charge is 0.347 e. The molecular weight excluding hydrogens is 298 g/mol. The van der Waals surface area contributed by atoms with Gasteiger partial charge in [-0.2, -0.15) is 0 Å². The second-order valence-corrected chi connectivity index (χ2v) is 4.81. The van der Waals surface area contributed by atoms with E-state index in [1.165, 1.54) is 10.6 Å². The number of pyridine rings is 1. The molecule has 0 fully saturated rings. The molecule has 1 heterocycles. The van der Waals surface area contributed by atoms with E-state index in [1.54, 1.807) is 38.3 Å². The van der Waals surface area contributed by atoms with Gasteiger partial charge in [-0.05, 0) is 37.6 Å². The van der Waals surface area contributed by atoms with E-state index in [2.05, 4.69) is 0 Å². The topological polar surface area (TPSA) is 77.8 Å². The largest absolute Gasteiger partial charge is 0.507 e. The second-order valence-electron chi connectivity index (χ2n) is 4.81. The van der Waals surface area contributed by atoms with Crippen LogP contribution in [0.15, 0.2) is 35.1 Å². The second kappa shape index (κ2) is 7.00. The molecule has 0 amide bonds. The molecule has 0 atom stereocenters. The van der Waals surface area contributed by atoms with Gasteiger partial charge in [-0.3, -0.25) is 9.36 Å². The van der Waals surface area contributed by atoms with Crippen molar-refractivity contribution in [2.45, 2.75) is 20.3 Å². The van der Waals surface area contributed by atoms with E-state index in [0.29, 0.717) is 23.6 Å². The normalized spacial score (nSPS) is 10.4. The maximum atomic E-state index is 12.7. The molecule has 0 spiro atoms. The first-order valence-electron chi connectivity index (χ1n) is 7.32. The van der Waals surface area contributed by atoms with E-state index in [9.17, 15) is 14.7 Å². The minimum absolute atomic E-state index is 0.121. The number of aromatic nitrogens is 1. The Morgan fingerprint density at radius 1 is 1.22 bits per heavy atom. The summed E-state index contributed by atoms with van der Waals surface area (Å²) in [5, 5.41) is 10.0. The van der Waals surface area contributed by atoms with Crippen molar-refractivity contribution in [2.24, 2.45) is 0 Å². The number of rotatable bonds is 5. The summed E-state index contributed by atoms with van der Waals surface area (Å²) in [6.45, 7) is 3.62. The number of benzene rings is 1. The highest BCUT2D eigenvalue weighted by atomic mass is 16.5. The molecule has 0 unspecified atom stereocenters. The molecule has 1 aromatic carbocycles. The van der Waals surface area contributed by atoms with Crippen LogP contribution >= 0.6 is 0 Å². The van der Waals surface area contributed by atoms with Gasteiger partial charge in [0.15, 0.2) is 5.56 Å². The summed E-state index contributed by atoms with van der Waals surface area (Å²) in [5.74, 6) is -0.542. The third-order valence-corrected chi connectivity index (χ3v) is 3.44. The van der Waals surface area contributed by atoms with Crippen molar-refractivity contribution in [3.8, 4) is 17.2 Å². The molecule has 23 heavy (non-hydrogen) atoms. The third kappa shape index (κ3) is 3.21. The fourth-order valence-electron chi connectivity index (χ4n) is 2.32. The standard InChI is InChI=1S/C17H19NO5/c1-4-11-10-14(19)15(17(21)23-5-2)16(20)18(11)12-6-8-13(22-3)9-7-12/h6-10,19H,4-5H2,1-3H3. The van der Waals surface area contributed by atoms with E-state index >= 15 is 0 Å². The van der Waals surface area contributed by atoms with Crippen LogP contribution in [0.1, 0.15) is 29.9 Å². The number of hydrogen-bond acceptors (Lipinski definition) is 5. The van der Waals surface area contributed by atoms with Gasteiger partial charge in [0.25, 0.3) is 5.56 Å². The van der Waals surface area contributed by atoms with Crippen LogP contribution in [0.3, 0.4) is 0 Å². The first-order chi connectivity index (χ1) is 11.0. The first kappa shape index (κ1) is 16.6. The average molecular weight is 317 g/mol. The minimum atomic E-state index is -0.833. The highest BCUT2D eigenvalue weighted by molar-refractivity contribution is 5.92. The van der Waals surface area contributed by atoms with Crippen molar-refractivity contribution in [2.75, 3.05) is 13.7 Å². The van der Waals surface area contributed by atoms with E-state index < -0.39 is 11.5 Å². The van der Waals surface area contributed by atoms with Gasteiger partial charge in [0.2, 0.25) is 0 Å². The van der Waals surface area contributed by atoms with Gasteiger partial charge in [0.1, 0.15) is 11.5 Å². The van der Waals surface area contributed by atoms with Gasteiger partial charge < -0.3 is 14.6 Å². The van der Waals surface area contributed by atoms with Crippen LogP contribution in [0.25, 0.3) is 5.69 Å². The lowest BCUT2D eigenvalue weighted by Gasteiger charge is -2.15. The van der Waals surface area contributed by atoms with Crippen molar-refractivity contribution in [1.82, 2.24) is 4.57 Å². The van der Waals surface area contributed by atoms with Crippen LogP contribution in [0.4, 0.5) is 0 Å². The van der Waals surface area contributed by atoms with Crippen LogP contribution in [0, 0.1) is 0 Å². The summed E-state index contributed by atoms with van der Waals surface area (Å²) in [7, 11) is 1.55. The highest BCUT2D eigenvalue weighted by Crippen LogP contribution is 2.21. The summed E-state index contributed by atoms with van der Waals surface area (Å²) in [5.41, 5.74) is 0.203. The zero-order valence-electron chi connectivity index (χ0n) is 13.3. The van der Waals surface area contributed by atoms with Crippen LogP contribution < -0.4 is 10.3 Å². The molecule has 0 aliphatic rings. The fraction of sp³-hybridized carbons (Fsp3) is 0.294. The lowest BCUT2D eigenvalue weighted by atomic mass is 10.1. The Balaban J connectivity index is 2.67. The van der Waals surface area contributed by atoms with Gasteiger partial charge >= 0.3 is 5.97 Å². The zero-order chi connectivity index (χ0) is 17.0. The summed E-state index contributed by atoms with van der Waals surface area (Å²) < 4.78 is 11.4. The Hall–Kier alpha value is -2.76. The van der Waals surface area contributed by atoms with Crippen molar-refractivity contribution < 1.29 is 19.4 Å². The van der Waals surface area contributed by atoms with Crippen molar-refractivity contribution >= 4 is 5.97 Å². The minimum Gasteiger partial charge on any atom is -0.507 e. The number of hydrogen-bond donors (Lipinski definition) is 1. The Labute approximate surface area is 133 Å². The SMILES string of the molecule is CCOC(=O)c1c(O)cc(CC)n(-c2ccc(OC)cc2)c1=O. The predicted molar refractivity (Wildman–Crippen MR) is 85.6 cm³/mol. The van der Waals surface area contributed by atoms with Crippen LogP contribution in [-0.4, -0.2) is 29.4 Å². The number of aryl methyl sites for hydroxylation is 1. The Kier molecular flexibility index (Phi) is 5.05. The molecule has 0 aliphatic carbocycles. The summed E-state index contributed by atoms with van der Waals surface area (Å²) in [6, 6.07) is 8.28. The molecular formula is C17H19NO5. The lowest BCUT2D eigenvalue weighted by molar-refractivity contribution is 0.0520. The Bertz CT molecular complexity index is 762. The number of ether oxygens (including phenoxy) is 2. The summed E-state index contributed by atoms with van der Waals surface area (Å²) >= 11 is 0. The Morgan fingerprint density at radius 2 is 1.87 bits per heavy atom. The lowest BCUT2D eigenvalue weighted by Crippen LogP contribution is -2.28. The molecule has 0 saturated carbocycles. The fourth-order valence-corrected chi connectivity index (χ4v) is 2.32. The molecule has 0 bridgehead atoms. The van der Waals surface area contributed by atoms with Gasteiger partial charge in [0, 0.05) is 17.4 Å². The third-order valence-electron chi connectivity index (χ3n) is 3.44.